The van der Waals surface area contributed by atoms with Crippen molar-refractivity contribution in [2.75, 3.05) is 77.1 Å². The fourth-order valence-electron chi connectivity index (χ4n) is 4.56. The quantitative estimate of drug-likeness (QED) is 0.0276. The van der Waals surface area contributed by atoms with Crippen LogP contribution in [-0.2, 0) is 33.2 Å². The number of hydrogen-bond donors (Lipinski definition) is 0. The van der Waals surface area contributed by atoms with Crippen molar-refractivity contribution in [1.29, 1.82) is 0 Å². The number of ether oxygens (including phenoxy) is 6. The first-order valence-corrected chi connectivity index (χ1v) is 18.9. The van der Waals surface area contributed by atoms with Crippen LogP contribution >= 0.6 is 22.6 Å². The van der Waals surface area contributed by atoms with E-state index >= 15 is 0 Å². The maximum atomic E-state index is 11.8. The molecule has 0 aromatic heterocycles. The molecule has 0 radical (unpaired) electrons. The second-order valence-electron chi connectivity index (χ2n) is 11.1. The van der Waals surface area contributed by atoms with Gasteiger partial charge >= 0.3 is 5.97 Å². The van der Waals surface area contributed by atoms with E-state index in [0.29, 0.717) is 72.5 Å². The SMILES string of the molecule is CCCCCCCCCCCCCCCCCC(=O)OCCOCCOCCOCCOCCOCCCCCCI. The molecule has 0 aliphatic rings. The summed E-state index contributed by atoms with van der Waals surface area (Å²) in [7, 11) is 0. The maximum absolute atomic E-state index is 11.8. The fourth-order valence-corrected chi connectivity index (χ4v) is 5.10. The third kappa shape index (κ3) is 38.0. The summed E-state index contributed by atoms with van der Waals surface area (Å²) in [6.07, 6.45) is 25.4. The highest BCUT2D eigenvalue weighted by atomic mass is 127. The smallest absolute Gasteiger partial charge is 0.305 e. The number of esters is 1. The molecule has 252 valence electrons. The monoisotopic (exact) mass is 714 g/mol. The molecule has 8 heteroatoms. The lowest BCUT2D eigenvalue weighted by Gasteiger charge is -2.08. The summed E-state index contributed by atoms with van der Waals surface area (Å²) in [6, 6.07) is 0. The molecule has 0 bridgehead atoms. The average molecular weight is 715 g/mol. The summed E-state index contributed by atoms with van der Waals surface area (Å²) < 4.78 is 34.0. The number of alkyl halides is 1. The van der Waals surface area contributed by atoms with Crippen LogP contribution in [0.5, 0.6) is 0 Å². The Morgan fingerprint density at radius 2 is 0.738 bits per heavy atom. The molecule has 0 saturated heterocycles. The van der Waals surface area contributed by atoms with E-state index in [1.807, 2.05) is 0 Å². The highest BCUT2D eigenvalue weighted by molar-refractivity contribution is 14.1. The number of rotatable bonds is 37. The van der Waals surface area contributed by atoms with Gasteiger partial charge in [-0.25, -0.2) is 0 Å². The lowest BCUT2D eigenvalue weighted by molar-refractivity contribution is -0.145. The first kappa shape index (κ1) is 42.0. The fraction of sp³-hybridized carbons (Fsp3) is 0.971. The van der Waals surface area contributed by atoms with Gasteiger partial charge in [-0.05, 0) is 23.7 Å². The highest BCUT2D eigenvalue weighted by Crippen LogP contribution is 2.14. The van der Waals surface area contributed by atoms with E-state index in [9.17, 15) is 4.79 Å². The molecule has 0 unspecified atom stereocenters. The summed E-state index contributed by atoms with van der Waals surface area (Å²) in [5.41, 5.74) is 0. The van der Waals surface area contributed by atoms with Crippen molar-refractivity contribution >= 4 is 28.6 Å². The van der Waals surface area contributed by atoms with Gasteiger partial charge in [-0.15, -0.1) is 0 Å². The second kappa shape index (κ2) is 39.0. The molecule has 0 aliphatic carbocycles. The van der Waals surface area contributed by atoms with E-state index in [4.69, 9.17) is 28.4 Å². The Kier molecular flexibility index (Phi) is 39.0. The molecule has 0 atom stereocenters. The first-order valence-electron chi connectivity index (χ1n) is 17.4. The van der Waals surface area contributed by atoms with E-state index in [1.165, 1.54) is 107 Å². The zero-order chi connectivity index (χ0) is 30.4. The van der Waals surface area contributed by atoms with Crippen molar-refractivity contribution in [2.24, 2.45) is 0 Å². The summed E-state index contributed by atoms with van der Waals surface area (Å²) in [4.78, 5) is 11.8. The van der Waals surface area contributed by atoms with Crippen molar-refractivity contribution in [3.63, 3.8) is 0 Å². The molecule has 0 fully saturated rings. The molecule has 0 aromatic rings. The minimum atomic E-state index is -0.115. The summed E-state index contributed by atoms with van der Waals surface area (Å²) in [5, 5.41) is 0. The lowest BCUT2D eigenvalue weighted by Crippen LogP contribution is -2.15. The van der Waals surface area contributed by atoms with Crippen molar-refractivity contribution in [1.82, 2.24) is 0 Å². The summed E-state index contributed by atoms with van der Waals surface area (Å²) in [5.74, 6) is -0.115. The highest BCUT2D eigenvalue weighted by Gasteiger charge is 2.03. The average Bonchev–Trinajstić information content (AvgIpc) is 3.00. The Morgan fingerprint density at radius 3 is 1.17 bits per heavy atom. The molecular formula is C34H67IO7. The van der Waals surface area contributed by atoms with Crippen LogP contribution in [0.4, 0.5) is 0 Å². The third-order valence-corrected chi connectivity index (χ3v) is 7.90. The molecule has 42 heavy (non-hydrogen) atoms. The minimum absolute atomic E-state index is 0.115. The normalized spacial score (nSPS) is 11.4. The van der Waals surface area contributed by atoms with Gasteiger partial charge in [0.25, 0.3) is 0 Å². The standard InChI is InChI=1S/C34H67IO7/c1-2-3-4-5-6-7-8-9-10-11-12-13-14-15-18-21-34(36)42-33-32-41-31-30-40-29-28-39-27-26-38-25-24-37-23-20-17-16-19-22-35/h2-33H2,1H3. The van der Waals surface area contributed by atoms with Gasteiger partial charge in [0.15, 0.2) is 0 Å². The van der Waals surface area contributed by atoms with Crippen LogP contribution in [0, 0.1) is 0 Å². The van der Waals surface area contributed by atoms with Gasteiger partial charge < -0.3 is 28.4 Å². The molecular weight excluding hydrogens is 647 g/mol. The zero-order valence-corrected chi connectivity index (χ0v) is 29.5. The largest absolute Gasteiger partial charge is 0.463 e. The van der Waals surface area contributed by atoms with Crippen molar-refractivity contribution in [3.8, 4) is 0 Å². The Labute approximate surface area is 273 Å². The van der Waals surface area contributed by atoms with Crippen molar-refractivity contribution < 1.29 is 33.2 Å². The van der Waals surface area contributed by atoms with Crippen molar-refractivity contribution in [2.45, 2.75) is 135 Å². The summed E-state index contributed by atoms with van der Waals surface area (Å²) >= 11 is 2.42. The number of hydrogen-bond acceptors (Lipinski definition) is 7. The van der Waals surface area contributed by atoms with Gasteiger partial charge in [0.2, 0.25) is 0 Å². The predicted molar refractivity (Wildman–Crippen MR) is 182 cm³/mol. The molecule has 0 aromatic carbocycles. The number of unbranched alkanes of at least 4 members (excludes halogenated alkanes) is 17. The van der Waals surface area contributed by atoms with Crippen LogP contribution in [0.15, 0.2) is 0 Å². The van der Waals surface area contributed by atoms with Gasteiger partial charge in [0, 0.05) is 13.0 Å². The topological polar surface area (TPSA) is 72.5 Å². The molecule has 7 nitrogen and oxygen atoms in total. The molecule has 0 N–H and O–H groups in total. The summed E-state index contributed by atoms with van der Waals surface area (Å²) in [6.45, 7) is 8.25. The van der Waals surface area contributed by atoms with Gasteiger partial charge in [-0.3, -0.25) is 4.79 Å². The number of halogens is 1. The second-order valence-corrected chi connectivity index (χ2v) is 12.2. The van der Waals surface area contributed by atoms with Gasteiger partial charge in [0.05, 0.1) is 59.5 Å². The third-order valence-electron chi connectivity index (χ3n) is 7.14. The van der Waals surface area contributed by atoms with Crippen LogP contribution in [0.2, 0.25) is 0 Å². The molecule has 0 aliphatic heterocycles. The number of carbonyl (C=O) groups excluding carboxylic acids is 1. The van der Waals surface area contributed by atoms with E-state index in [1.54, 1.807) is 0 Å². The lowest BCUT2D eigenvalue weighted by atomic mass is 10.0. The Hall–Kier alpha value is -0.000000000000000222. The molecule has 0 saturated carbocycles. The Morgan fingerprint density at radius 1 is 0.405 bits per heavy atom. The minimum Gasteiger partial charge on any atom is -0.463 e. The Bertz CT molecular complexity index is 510. The van der Waals surface area contributed by atoms with E-state index in [0.717, 1.165) is 25.9 Å². The van der Waals surface area contributed by atoms with Crippen LogP contribution in [0.3, 0.4) is 0 Å². The van der Waals surface area contributed by atoms with Gasteiger partial charge in [0.1, 0.15) is 6.61 Å². The van der Waals surface area contributed by atoms with Crippen LogP contribution in [0.1, 0.15) is 135 Å². The zero-order valence-electron chi connectivity index (χ0n) is 27.4. The Balaban J connectivity index is 3.13. The van der Waals surface area contributed by atoms with Crippen LogP contribution in [-0.4, -0.2) is 83.1 Å². The van der Waals surface area contributed by atoms with Crippen molar-refractivity contribution in [3.05, 3.63) is 0 Å². The maximum Gasteiger partial charge on any atom is 0.305 e. The van der Waals surface area contributed by atoms with E-state index in [2.05, 4.69) is 29.5 Å². The molecule has 0 amide bonds. The first-order chi connectivity index (χ1) is 20.8. The van der Waals surface area contributed by atoms with Gasteiger partial charge in [-0.2, -0.15) is 0 Å². The number of carbonyl (C=O) groups is 1. The molecule has 0 spiro atoms. The van der Waals surface area contributed by atoms with Crippen LogP contribution < -0.4 is 0 Å². The predicted octanol–water partition coefficient (Wildman–Crippen LogP) is 8.87. The molecule has 0 heterocycles. The van der Waals surface area contributed by atoms with Crippen LogP contribution in [0.25, 0.3) is 0 Å². The molecule has 0 rings (SSSR count). The van der Waals surface area contributed by atoms with E-state index < -0.39 is 0 Å². The van der Waals surface area contributed by atoms with E-state index in [-0.39, 0.29) is 5.97 Å². The van der Waals surface area contributed by atoms with Gasteiger partial charge in [-0.1, -0.05) is 132 Å².